The summed E-state index contributed by atoms with van der Waals surface area (Å²) in [6, 6.07) is 0. The summed E-state index contributed by atoms with van der Waals surface area (Å²) in [7, 11) is 0. The molecule has 2 aromatic heterocycles. The van der Waals surface area contributed by atoms with Crippen molar-refractivity contribution in [1.82, 2.24) is 19.9 Å². The van der Waals surface area contributed by atoms with Crippen LogP contribution < -0.4 is 4.90 Å². The lowest BCUT2D eigenvalue weighted by Crippen LogP contribution is -2.31. The molecule has 1 aliphatic heterocycles. The van der Waals surface area contributed by atoms with Crippen molar-refractivity contribution in [2.75, 3.05) is 4.90 Å². The van der Waals surface area contributed by atoms with Crippen LogP contribution in [0, 0.1) is 18.3 Å². The molecule has 2 aliphatic rings. The number of hydrogen-bond acceptors (Lipinski definition) is 5. The SMILES string of the molecule is Cc1ncc(C2=CCC3C(=C2)N(c2cnccn2)C(=O)C3(C)C)cn1. The summed E-state index contributed by atoms with van der Waals surface area (Å²) in [6.45, 7) is 5.86. The number of carbonyl (C=O) groups is 1. The molecule has 0 saturated carbocycles. The first-order valence-corrected chi connectivity index (χ1v) is 8.30. The lowest BCUT2D eigenvalue weighted by atomic mass is 9.75. The first kappa shape index (κ1) is 15.6. The van der Waals surface area contributed by atoms with E-state index in [-0.39, 0.29) is 11.8 Å². The van der Waals surface area contributed by atoms with Gasteiger partial charge in [0.05, 0.1) is 11.6 Å². The van der Waals surface area contributed by atoms with Crippen molar-refractivity contribution in [3.63, 3.8) is 0 Å². The summed E-state index contributed by atoms with van der Waals surface area (Å²) in [6.07, 6.45) is 13.5. The predicted molar refractivity (Wildman–Crippen MR) is 94.2 cm³/mol. The summed E-state index contributed by atoms with van der Waals surface area (Å²) in [5, 5.41) is 0. The minimum absolute atomic E-state index is 0.0547. The van der Waals surface area contributed by atoms with Gasteiger partial charge in [-0.1, -0.05) is 19.9 Å². The molecule has 0 aromatic carbocycles. The monoisotopic (exact) mass is 333 g/mol. The second kappa shape index (κ2) is 5.58. The number of allylic oxidation sites excluding steroid dienone is 4. The molecule has 0 spiro atoms. The molecule has 1 atom stereocenters. The molecule has 3 heterocycles. The maximum Gasteiger partial charge on any atom is 0.238 e. The number of amides is 1. The zero-order valence-electron chi connectivity index (χ0n) is 14.5. The Morgan fingerprint density at radius 2 is 1.88 bits per heavy atom. The topological polar surface area (TPSA) is 71.9 Å². The Morgan fingerprint density at radius 1 is 1.12 bits per heavy atom. The molecule has 1 amide bonds. The molecular weight excluding hydrogens is 314 g/mol. The highest BCUT2D eigenvalue weighted by Gasteiger charge is 2.51. The third-order valence-corrected chi connectivity index (χ3v) is 5.01. The van der Waals surface area contributed by atoms with Crippen LogP contribution in [0.1, 0.15) is 31.7 Å². The van der Waals surface area contributed by atoms with Crippen LogP contribution in [-0.2, 0) is 4.79 Å². The number of aryl methyl sites for hydroxylation is 1. The molecule has 6 heteroatoms. The third kappa shape index (κ3) is 2.45. The highest BCUT2D eigenvalue weighted by molar-refractivity contribution is 6.04. The molecule has 2 aromatic rings. The van der Waals surface area contributed by atoms with Gasteiger partial charge in [-0.25, -0.2) is 15.0 Å². The van der Waals surface area contributed by atoms with Crippen molar-refractivity contribution >= 4 is 17.3 Å². The van der Waals surface area contributed by atoms with Crippen molar-refractivity contribution in [3.05, 3.63) is 60.2 Å². The Morgan fingerprint density at radius 3 is 2.56 bits per heavy atom. The van der Waals surface area contributed by atoms with Gasteiger partial charge in [0.25, 0.3) is 0 Å². The molecule has 0 N–H and O–H groups in total. The highest BCUT2D eigenvalue weighted by atomic mass is 16.2. The molecule has 1 aliphatic carbocycles. The van der Waals surface area contributed by atoms with E-state index >= 15 is 0 Å². The summed E-state index contributed by atoms with van der Waals surface area (Å²) in [5.74, 6) is 1.48. The van der Waals surface area contributed by atoms with Gasteiger partial charge in [-0.3, -0.25) is 14.7 Å². The van der Waals surface area contributed by atoms with E-state index in [4.69, 9.17) is 0 Å². The predicted octanol–water partition coefficient (Wildman–Crippen LogP) is 2.94. The molecule has 0 radical (unpaired) electrons. The van der Waals surface area contributed by atoms with Crippen LogP contribution in [0.15, 0.2) is 48.8 Å². The fraction of sp³-hybridized carbons (Fsp3) is 0.316. The first-order chi connectivity index (χ1) is 12.0. The van der Waals surface area contributed by atoms with E-state index in [0.717, 1.165) is 29.1 Å². The summed E-state index contributed by atoms with van der Waals surface area (Å²) < 4.78 is 0. The van der Waals surface area contributed by atoms with Crippen molar-refractivity contribution in [2.45, 2.75) is 27.2 Å². The zero-order chi connectivity index (χ0) is 17.6. The van der Waals surface area contributed by atoms with Gasteiger partial charge in [-0.15, -0.1) is 0 Å². The molecule has 126 valence electrons. The number of nitrogens with zero attached hydrogens (tertiary/aromatic N) is 5. The minimum atomic E-state index is -0.477. The van der Waals surface area contributed by atoms with E-state index in [2.05, 4.69) is 32.1 Å². The maximum absolute atomic E-state index is 13.1. The van der Waals surface area contributed by atoms with Gasteiger partial charge in [0, 0.05) is 42.0 Å². The van der Waals surface area contributed by atoms with Gasteiger partial charge in [0.15, 0.2) is 5.82 Å². The number of hydrogen-bond donors (Lipinski definition) is 0. The van der Waals surface area contributed by atoms with Gasteiger partial charge in [0.1, 0.15) is 5.82 Å². The van der Waals surface area contributed by atoms with E-state index < -0.39 is 5.41 Å². The van der Waals surface area contributed by atoms with Gasteiger partial charge >= 0.3 is 0 Å². The Labute approximate surface area is 146 Å². The normalized spacial score (nSPS) is 21.6. The van der Waals surface area contributed by atoms with Gasteiger partial charge in [0.2, 0.25) is 5.91 Å². The van der Waals surface area contributed by atoms with Gasteiger partial charge in [-0.05, 0) is 25.0 Å². The van der Waals surface area contributed by atoms with Crippen molar-refractivity contribution in [3.8, 4) is 0 Å². The Bertz CT molecular complexity index is 884. The lowest BCUT2D eigenvalue weighted by Gasteiger charge is -2.25. The smallest absolute Gasteiger partial charge is 0.238 e. The molecule has 6 nitrogen and oxygen atoms in total. The van der Waals surface area contributed by atoms with Crippen LogP contribution in [0.2, 0.25) is 0 Å². The molecule has 0 bridgehead atoms. The van der Waals surface area contributed by atoms with Gasteiger partial charge in [-0.2, -0.15) is 0 Å². The molecule has 4 rings (SSSR count). The Kier molecular flexibility index (Phi) is 3.49. The third-order valence-electron chi connectivity index (χ3n) is 5.01. The number of aromatic nitrogens is 4. The van der Waals surface area contributed by atoms with Crippen LogP contribution >= 0.6 is 0 Å². The summed E-state index contributed by atoms with van der Waals surface area (Å²) >= 11 is 0. The van der Waals surface area contributed by atoms with E-state index in [1.165, 1.54) is 0 Å². The van der Waals surface area contributed by atoms with Crippen molar-refractivity contribution < 1.29 is 4.79 Å². The molecule has 1 saturated heterocycles. The van der Waals surface area contributed by atoms with Crippen LogP contribution in [-0.4, -0.2) is 25.8 Å². The number of anilines is 1. The van der Waals surface area contributed by atoms with Gasteiger partial charge < -0.3 is 0 Å². The quantitative estimate of drug-likeness (QED) is 0.845. The van der Waals surface area contributed by atoms with E-state index in [1.54, 1.807) is 23.5 Å². The van der Waals surface area contributed by atoms with Crippen LogP contribution in [0.3, 0.4) is 0 Å². The Balaban J connectivity index is 1.80. The standard InChI is InChI=1S/C19H19N5O/c1-12-22-9-14(10-23-12)13-4-5-15-16(8-13)24(18(25)19(15,2)3)17-11-20-6-7-21-17/h4,6-11,15H,5H2,1-3H3. The molecule has 25 heavy (non-hydrogen) atoms. The minimum Gasteiger partial charge on any atom is -0.273 e. The molecular formula is C19H19N5O. The summed E-state index contributed by atoms with van der Waals surface area (Å²) in [4.78, 5) is 31.8. The fourth-order valence-corrected chi connectivity index (χ4v) is 3.51. The number of carbonyl (C=O) groups excluding carboxylic acids is 1. The Hall–Kier alpha value is -2.89. The second-order valence-electron chi connectivity index (χ2n) is 6.96. The number of rotatable bonds is 2. The van der Waals surface area contributed by atoms with Crippen molar-refractivity contribution in [1.29, 1.82) is 0 Å². The van der Waals surface area contributed by atoms with E-state index in [9.17, 15) is 4.79 Å². The maximum atomic E-state index is 13.1. The fourth-order valence-electron chi connectivity index (χ4n) is 3.51. The average Bonchev–Trinajstić information content (AvgIpc) is 2.82. The van der Waals surface area contributed by atoms with E-state index in [0.29, 0.717) is 5.82 Å². The van der Waals surface area contributed by atoms with Crippen molar-refractivity contribution in [2.24, 2.45) is 11.3 Å². The first-order valence-electron chi connectivity index (χ1n) is 8.30. The molecule has 1 unspecified atom stereocenters. The van der Waals surface area contributed by atoms with Crippen LogP contribution in [0.25, 0.3) is 5.57 Å². The van der Waals surface area contributed by atoms with E-state index in [1.807, 2.05) is 33.2 Å². The molecule has 1 fully saturated rings. The lowest BCUT2D eigenvalue weighted by molar-refractivity contribution is -0.125. The van der Waals surface area contributed by atoms with Crippen LogP contribution in [0.4, 0.5) is 5.82 Å². The van der Waals surface area contributed by atoms with Crippen LogP contribution in [0.5, 0.6) is 0 Å². The zero-order valence-corrected chi connectivity index (χ0v) is 14.5. The average molecular weight is 333 g/mol. The number of fused-ring (bicyclic) bond motifs is 1. The second-order valence-corrected chi connectivity index (χ2v) is 6.96. The highest BCUT2D eigenvalue weighted by Crippen LogP contribution is 2.49. The largest absolute Gasteiger partial charge is 0.273 e. The summed E-state index contributed by atoms with van der Waals surface area (Å²) in [5.41, 5.74) is 2.47.